The number of aryl methyl sites for hydroxylation is 1. The van der Waals surface area contributed by atoms with Crippen molar-refractivity contribution in [2.45, 2.75) is 20.3 Å². The SMILES string of the molecule is CCc1nnsc1C(=O)NCC(C)C#N. The van der Waals surface area contributed by atoms with E-state index in [1.54, 1.807) is 6.92 Å². The molecule has 0 aliphatic heterocycles. The molecular weight excluding hydrogens is 212 g/mol. The molecule has 1 N–H and O–H groups in total. The number of nitrogens with one attached hydrogen (secondary N) is 1. The van der Waals surface area contributed by atoms with E-state index in [0.717, 1.165) is 11.5 Å². The minimum Gasteiger partial charge on any atom is -0.350 e. The Hall–Kier alpha value is -1.48. The maximum absolute atomic E-state index is 11.6. The fourth-order valence-electron chi connectivity index (χ4n) is 0.984. The Morgan fingerprint density at radius 1 is 1.73 bits per heavy atom. The van der Waals surface area contributed by atoms with Gasteiger partial charge in [0.15, 0.2) is 0 Å². The first-order valence-electron chi connectivity index (χ1n) is 4.68. The highest BCUT2D eigenvalue weighted by atomic mass is 32.1. The lowest BCUT2D eigenvalue weighted by Crippen LogP contribution is -2.27. The van der Waals surface area contributed by atoms with E-state index in [4.69, 9.17) is 5.26 Å². The highest BCUT2D eigenvalue weighted by molar-refractivity contribution is 7.08. The third kappa shape index (κ3) is 2.99. The van der Waals surface area contributed by atoms with Crippen LogP contribution in [0, 0.1) is 17.2 Å². The number of hydrogen-bond acceptors (Lipinski definition) is 5. The summed E-state index contributed by atoms with van der Waals surface area (Å²) in [6.07, 6.45) is 0.688. The zero-order valence-corrected chi connectivity index (χ0v) is 9.47. The molecule has 5 nitrogen and oxygen atoms in total. The van der Waals surface area contributed by atoms with Gasteiger partial charge < -0.3 is 5.32 Å². The lowest BCUT2D eigenvalue weighted by atomic mass is 10.2. The van der Waals surface area contributed by atoms with Gasteiger partial charge in [0.25, 0.3) is 5.91 Å². The molecule has 0 aliphatic carbocycles. The van der Waals surface area contributed by atoms with Crippen LogP contribution in [0.1, 0.15) is 29.2 Å². The van der Waals surface area contributed by atoms with Crippen LogP contribution in [-0.4, -0.2) is 22.0 Å². The normalized spacial score (nSPS) is 11.8. The average Bonchev–Trinajstić information content (AvgIpc) is 2.73. The minimum absolute atomic E-state index is 0.181. The first kappa shape index (κ1) is 11.6. The van der Waals surface area contributed by atoms with Crippen LogP contribution < -0.4 is 5.32 Å². The molecule has 1 unspecified atom stereocenters. The molecule has 1 amide bonds. The lowest BCUT2D eigenvalue weighted by molar-refractivity contribution is 0.0954. The van der Waals surface area contributed by atoms with Gasteiger partial charge in [-0.2, -0.15) is 5.26 Å². The molecule has 80 valence electrons. The van der Waals surface area contributed by atoms with Crippen LogP contribution in [0.15, 0.2) is 0 Å². The fraction of sp³-hybridized carbons (Fsp3) is 0.556. The second kappa shape index (κ2) is 5.41. The van der Waals surface area contributed by atoms with Crippen LogP contribution in [0.4, 0.5) is 0 Å². The maximum atomic E-state index is 11.6. The zero-order valence-electron chi connectivity index (χ0n) is 8.65. The van der Waals surface area contributed by atoms with Gasteiger partial charge in [0.1, 0.15) is 4.88 Å². The van der Waals surface area contributed by atoms with Crippen molar-refractivity contribution in [2.24, 2.45) is 5.92 Å². The first-order chi connectivity index (χ1) is 7.19. The third-order valence-electron chi connectivity index (χ3n) is 1.89. The van der Waals surface area contributed by atoms with E-state index in [1.807, 2.05) is 6.92 Å². The number of aromatic nitrogens is 2. The largest absolute Gasteiger partial charge is 0.350 e. The van der Waals surface area contributed by atoms with Crippen LogP contribution in [0.5, 0.6) is 0 Å². The molecule has 1 heterocycles. The Bertz CT molecular complexity index is 382. The molecule has 0 bridgehead atoms. The highest BCUT2D eigenvalue weighted by Gasteiger charge is 2.14. The highest BCUT2D eigenvalue weighted by Crippen LogP contribution is 2.10. The molecule has 1 atom stereocenters. The van der Waals surface area contributed by atoms with Gasteiger partial charge in [-0.25, -0.2) is 0 Å². The van der Waals surface area contributed by atoms with Crippen molar-refractivity contribution in [3.63, 3.8) is 0 Å². The summed E-state index contributed by atoms with van der Waals surface area (Å²) in [6.45, 7) is 4.04. The van der Waals surface area contributed by atoms with E-state index < -0.39 is 0 Å². The van der Waals surface area contributed by atoms with Gasteiger partial charge in [0, 0.05) is 6.54 Å². The van der Waals surface area contributed by atoms with Crippen LogP contribution >= 0.6 is 11.5 Å². The third-order valence-corrected chi connectivity index (χ3v) is 2.65. The molecule has 15 heavy (non-hydrogen) atoms. The number of carbonyl (C=O) groups is 1. The molecule has 6 heteroatoms. The molecule has 0 spiro atoms. The van der Waals surface area contributed by atoms with Crippen LogP contribution in [0.2, 0.25) is 0 Å². The van der Waals surface area contributed by atoms with E-state index in [2.05, 4.69) is 21.0 Å². The predicted octanol–water partition coefficient (Wildman–Crippen LogP) is 0.990. The van der Waals surface area contributed by atoms with Gasteiger partial charge in [-0.05, 0) is 24.9 Å². The average molecular weight is 224 g/mol. The van der Waals surface area contributed by atoms with Crippen molar-refractivity contribution in [1.29, 1.82) is 5.26 Å². The Kier molecular flexibility index (Phi) is 4.18. The summed E-state index contributed by atoms with van der Waals surface area (Å²) < 4.78 is 3.73. The summed E-state index contributed by atoms with van der Waals surface area (Å²) in [5.74, 6) is -0.371. The number of amides is 1. The first-order valence-corrected chi connectivity index (χ1v) is 5.45. The van der Waals surface area contributed by atoms with E-state index in [-0.39, 0.29) is 11.8 Å². The minimum atomic E-state index is -0.191. The summed E-state index contributed by atoms with van der Waals surface area (Å²) >= 11 is 1.09. The Balaban J connectivity index is 2.58. The topological polar surface area (TPSA) is 78.7 Å². The summed E-state index contributed by atoms with van der Waals surface area (Å²) in [4.78, 5) is 12.2. The predicted molar refractivity (Wildman–Crippen MR) is 56.4 cm³/mol. The second-order valence-electron chi connectivity index (χ2n) is 3.14. The van der Waals surface area contributed by atoms with Gasteiger partial charge in [-0.3, -0.25) is 4.79 Å². The smallest absolute Gasteiger partial charge is 0.264 e. The quantitative estimate of drug-likeness (QED) is 0.827. The van der Waals surface area contributed by atoms with E-state index in [1.165, 1.54) is 0 Å². The van der Waals surface area contributed by atoms with Gasteiger partial charge in [-0.15, -0.1) is 5.10 Å². The van der Waals surface area contributed by atoms with E-state index in [9.17, 15) is 4.79 Å². The maximum Gasteiger partial charge on any atom is 0.264 e. The van der Waals surface area contributed by atoms with E-state index >= 15 is 0 Å². The molecule has 0 saturated carbocycles. The Morgan fingerprint density at radius 2 is 2.47 bits per heavy atom. The summed E-state index contributed by atoms with van der Waals surface area (Å²) in [6, 6.07) is 2.05. The number of nitrogens with zero attached hydrogens (tertiary/aromatic N) is 3. The van der Waals surface area contributed by atoms with Crippen molar-refractivity contribution in [3.8, 4) is 6.07 Å². The van der Waals surface area contributed by atoms with Crippen LogP contribution in [0.25, 0.3) is 0 Å². The van der Waals surface area contributed by atoms with Crippen molar-refractivity contribution < 1.29 is 4.79 Å². The molecular formula is C9H12N4OS. The molecule has 0 radical (unpaired) electrons. The standard InChI is InChI=1S/C9H12N4OS/c1-3-7-8(15-13-12-7)9(14)11-5-6(2)4-10/h6H,3,5H2,1-2H3,(H,11,14). The van der Waals surface area contributed by atoms with Gasteiger partial charge >= 0.3 is 0 Å². The fourth-order valence-corrected chi connectivity index (χ4v) is 1.65. The Morgan fingerprint density at radius 3 is 3.07 bits per heavy atom. The Labute approximate surface area is 92.3 Å². The van der Waals surface area contributed by atoms with Crippen molar-refractivity contribution >= 4 is 17.4 Å². The molecule has 0 aromatic carbocycles. The second-order valence-corrected chi connectivity index (χ2v) is 3.90. The van der Waals surface area contributed by atoms with Crippen LogP contribution in [0.3, 0.4) is 0 Å². The number of nitriles is 1. The molecule has 1 aromatic heterocycles. The molecule has 0 aliphatic rings. The molecule has 1 aromatic rings. The van der Waals surface area contributed by atoms with Crippen LogP contribution in [-0.2, 0) is 6.42 Å². The monoisotopic (exact) mass is 224 g/mol. The molecule has 0 saturated heterocycles. The summed E-state index contributed by atoms with van der Waals surface area (Å²) in [5, 5.41) is 15.1. The molecule has 1 rings (SSSR count). The van der Waals surface area contributed by atoms with Crippen molar-refractivity contribution in [1.82, 2.24) is 14.9 Å². The summed E-state index contributed by atoms with van der Waals surface area (Å²) in [5.41, 5.74) is 0.710. The van der Waals surface area contributed by atoms with Gasteiger partial charge in [-0.1, -0.05) is 11.4 Å². The lowest BCUT2D eigenvalue weighted by Gasteiger charge is -2.04. The molecule has 0 fully saturated rings. The zero-order chi connectivity index (χ0) is 11.3. The van der Waals surface area contributed by atoms with E-state index in [0.29, 0.717) is 23.5 Å². The number of rotatable bonds is 4. The number of hydrogen-bond donors (Lipinski definition) is 1. The van der Waals surface area contributed by atoms with Gasteiger partial charge in [0.2, 0.25) is 0 Å². The van der Waals surface area contributed by atoms with Crippen molar-refractivity contribution in [2.75, 3.05) is 6.54 Å². The number of carbonyl (C=O) groups excluding carboxylic acids is 1. The van der Waals surface area contributed by atoms with Crippen molar-refractivity contribution in [3.05, 3.63) is 10.6 Å². The summed E-state index contributed by atoms with van der Waals surface area (Å²) in [7, 11) is 0. The van der Waals surface area contributed by atoms with Gasteiger partial charge in [0.05, 0.1) is 17.7 Å².